The van der Waals surface area contributed by atoms with Crippen molar-refractivity contribution < 1.29 is 0 Å². The summed E-state index contributed by atoms with van der Waals surface area (Å²) < 4.78 is 0. The number of hydrogen-bond acceptors (Lipinski definition) is 3. The van der Waals surface area contributed by atoms with Crippen molar-refractivity contribution in [2.75, 3.05) is 9.80 Å². The third-order valence-electron chi connectivity index (χ3n) is 12.4. The van der Waals surface area contributed by atoms with Crippen molar-refractivity contribution in [1.29, 1.82) is 0 Å². The molecule has 0 amide bonds. The van der Waals surface area contributed by atoms with Crippen molar-refractivity contribution >= 4 is 34.5 Å². The molecule has 0 radical (unpaired) electrons. The zero-order valence-corrected chi connectivity index (χ0v) is 33.6. The molecule has 1 atom stereocenters. The van der Waals surface area contributed by atoms with Gasteiger partial charge in [-0.25, -0.2) is 0 Å². The minimum absolute atomic E-state index is 0.484. The topological polar surface area (TPSA) is 6.48 Å². The highest BCUT2D eigenvalue weighted by atomic mass is 32.2. The van der Waals surface area contributed by atoms with E-state index in [2.05, 4.69) is 192 Å². The van der Waals surface area contributed by atoms with Crippen LogP contribution < -0.4 is 9.80 Å². The third-order valence-corrected chi connectivity index (χ3v) is 13.6. The number of anilines is 4. The SMILES string of the molecule is C#C/C=C\C(=C/C)N(c1ccccc1)c1ccc(-c2ccc3c(c2)C2(c4ccccc4-3)c3ccccc3-c3c(N4C5=C(CCC=C5)Sc5ccccc54)cccc32)cc1. The van der Waals surface area contributed by atoms with Crippen LogP contribution in [0.2, 0.25) is 0 Å². The van der Waals surface area contributed by atoms with E-state index in [9.17, 15) is 0 Å². The van der Waals surface area contributed by atoms with Gasteiger partial charge in [0.1, 0.15) is 0 Å². The molecule has 1 aliphatic heterocycles. The molecule has 4 aliphatic rings. The van der Waals surface area contributed by atoms with Crippen molar-refractivity contribution in [2.24, 2.45) is 0 Å². The number of fused-ring (bicyclic) bond motifs is 11. The Balaban J connectivity index is 1.10. The molecule has 3 aliphatic carbocycles. The average Bonchev–Trinajstić information content (AvgIpc) is 3.77. The van der Waals surface area contributed by atoms with Crippen LogP contribution in [0.5, 0.6) is 0 Å². The van der Waals surface area contributed by atoms with Crippen LogP contribution in [0.15, 0.2) is 215 Å². The maximum atomic E-state index is 5.65. The monoisotopic (exact) mass is 772 g/mol. The van der Waals surface area contributed by atoms with Gasteiger partial charge in [-0.15, -0.1) is 6.42 Å². The minimum Gasteiger partial charge on any atom is -0.311 e. The lowest BCUT2D eigenvalue weighted by Crippen LogP contribution is -2.26. The Kier molecular flexibility index (Phi) is 8.43. The van der Waals surface area contributed by atoms with E-state index in [1.807, 2.05) is 30.8 Å². The lowest BCUT2D eigenvalue weighted by Gasteiger charge is -2.37. The normalized spacial score (nSPS) is 16.9. The van der Waals surface area contributed by atoms with Gasteiger partial charge in [0.05, 0.1) is 22.5 Å². The molecule has 0 aromatic heterocycles. The summed E-state index contributed by atoms with van der Waals surface area (Å²) in [5.74, 6) is 2.66. The van der Waals surface area contributed by atoms with Crippen LogP contribution in [-0.2, 0) is 5.41 Å². The van der Waals surface area contributed by atoms with Gasteiger partial charge < -0.3 is 9.80 Å². The molecule has 1 heterocycles. The molecule has 7 aromatic carbocycles. The van der Waals surface area contributed by atoms with Gasteiger partial charge in [0.2, 0.25) is 0 Å². The molecule has 11 rings (SSSR count). The molecule has 0 N–H and O–H groups in total. The third kappa shape index (κ3) is 5.30. The second-order valence-electron chi connectivity index (χ2n) is 15.4. The number of hydrogen-bond donors (Lipinski definition) is 0. The second-order valence-corrected chi connectivity index (χ2v) is 16.5. The Hall–Kier alpha value is -6.99. The fourth-order valence-electron chi connectivity index (χ4n) is 9.98. The number of nitrogens with zero attached hydrogens (tertiary/aromatic N) is 2. The van der Waals surface area contributed by atoms with E-state index >= 15 is 0 Å². The number of para-hydroxylation sites is 2. The standard InChI is InChI=1S/C56H40N2S/c1-3-5-18-40(4-2)57(41-19-7-6-8-20-41)42-34-31-38(32-35-42)39-33-36-44-43-21-9-11-23-46(43)56(49(44)37-39)47-24-12-10-22-45(47)55-48(56)25-17-28-52(55)58-50-26-13-15-29-53(50)59-54-30-16-14-27-51(54)58/h1,4-15,17-29,31-37H,16,30H2,2H3/b18-5-,40-4+. The van der Waals surface area contributed by atoms with Crippen LogP contribution in [-0.4, -0.2) is 0 Å². The molecule has 0 saturated carbocycles. The summed E-state index contributed by atoms with van der Waals surface area (Å²) >= 11 is 1.94. The van der Waals surface area contributed by atoms with Gasteiger partial charge in [0, 0.05) is 32.4 Å². The molecule has 2 nitrogen and oxygen atoms in total. The van der Waals surface area contributed by atoms with Crippen LogP contribution in [0.4, 0.5) is 22.7 Å². The van der Waals surface area contributed by atoms with Gasteiger partial charge in [-0.3, -0.25) is 0 Å². The molecule has 0 bridgehead atoms. The molecule has 3 heteroatoms. The van der Waals surface area contributed by atoms with Crippen molar-refractivity contribution in [1.82, 2.24) is 0 Å². The van der Waals surface area contributed by atoms with Crippen LogP contribution in [0, 0.1) is 12.3 Å². The van der Waals surface area contributed by atoms with E-state index in [1.54, 1.807) is 6.08 Å². The van der Waals surface area contributed by atoms with Crippen molar-refractivity contribution in [3.8, 4) is 45.7 Å². The summed E-state index contributed by atoms with van der Waals surface area (Å²) in [6, 6.07) is 60.7. The Morgan fingerprint density at radius 1 is 0.661 bits per heavy atom. The highest BCUT2D eigenvalue weighted by molar-refractivity contribution is 8.03. The summed E-state index contributed by atoms with van der Waals surface area (Å²) in [5, 5.41) is 0. The predicted octanol–water partition coefficient (Wildman–Crippen LogP) is 14.7. The molecule has 59 heavy (non-hydrogen) atoms. The fraction of sp³-hybridized carbons (Fsp3) is 0.0714. The molecule has 280 valence electrons. The first-order valence-electron chi connectivity index (χ1n) is 20.4. The van der Waals surface area contributed by atoms with Crippen molar-refractivity contribution in [2.45, 2.75) is 30.1 Å². The highest BCUT2D eigenvalue weighted by Crippen LogP contribution is 2.65. The highest BCUT2D eigenvalue weighted by Gasteiger charge is 2.52. The van der Waals surface area contributed by atoms with Crippen LogP contribution in [0.25, 0.3) is 33.4 Å². The van der Waals surface area contributed by atoms with E-state index in [4.69, 9.17) is 6.42 Å². The smallest absolute Gasteiger partial charge is 0.0726 e. The van der Waals surface area contributed by atoms with E-state index in [1.165, 1.54) is 82.5 Å². The first-order chi connectivity index (χ1) is 29.2. The van der Waals surface area contributed by atoms with Gasteiger partial charge >= 0.3 is 0 Å². The molecular formula is C56H40N2S. The Bertz CT molecular complexity index is 3000. The summed E-state index contributed by atoms with van der Waals surface area (Å²) in [5.41, 5.74) is 19.4. The Morgan fingerprint density at radius 3 is 2.14 bits per heavy atom. The van der Waals surface area contributed by atoms with E-state index in [0.717, 1.165) is 29.9 Å². The summed E-state index contributed by atoms with van der Waals surface area (Å²) in [4.78, 5) is 7.54. The lowest BCUT2D eigenvalue weighted by atomic mass is 9.70. The van der Waals surface area contributed by atoms with E-state index in [-0.39, 0.29) is 0 Å². The zero-order chi connectivity index (χ0) is 39.5. The van der Waals surface area contributed by atoms with Gasteiger partial charge in [0.15, 0.2) is 0 Å². The largest absolute Gasteiger partial charge is 0.311 e. The first-order valence-corrected chi connectivity index (χ1v) is 21.2. The summed E-state index contributed by atoms with van der Waals surface area (Å²) in [6.45, 7) is 2.05. The summed E-state index contributed by atoms with van der Waals surface area (Å²) in [6.07, 6.45) is 18.3. The fourth-order valence-corrected chi connectivity index (χ4v) is 11.1. The predicted molar refractivity (Wildman–Crippen MR) is 248 cm³/mol. The van der Waals surface area contributed by atoms with Gasteiger partial charge in [0.25, 0.3) is 0 Å². The van der Waals surface area contributed by atoms with Crippen LogP contribution in [0.1, 0.15) is 42.0 Å². The molecule has 0 fully saturated rings. The maximum absolute atomic E-state index is 5.65. The van der Waals surface area contributed by atoms with Crippen molar-refractivity contribution in [3.63, 3.8) is 0 Å². The Labute approximate surface area is 351 Å². The van der Waals surface area contributed by atoms with Crippen LogP contribution in [0.3, 0.4) is 0 Å². The van der Waals surface area contributed by atoms with E-state index in [0.29, 0.717) is 0 Å². The lowest BCUT2D eigenvalue weighted by molar-refractivity contribution is 0.794. The van der Waals surface area contributed by atoms with Gasteiger partial charge in [-0.2, -0.15) is 0 Å². The summed E-state index contributed by atoms with van der Waals surface area (Å²) in [7, 11) is 0. The minimum atomic E-state index is -0.484. The number of terminal acetylenes is 1. The van der Waals surface area contributed by atoms with E-state index < -0.39 is 5.41 Å². The second kappa shape index (κ2) is 14.1. The van der Waals surface area contributed by atoms with Crippen LogP contribution >= 0.6 is 11.8 Å². The maximum Gasteiger partial charge on any atom is 0.0726 e. The zero-order valence-electron chi connectivity index (χ0n) is 32.8. The first kappa shape index (κ1) is 35.2. The molecule has 0 saturated heterocycles. The molecular weight excluding hydrogens is 733 g/mol. The van der Waals surface area contributed by atoms with Crippen molar-refractivity contribution in [3.05, 3.63) is 233 Å². The Morgan fingerprint density at radius 2 is 1.32 bits per heavy atom. The van der Waals surface area contributed by atoms with Gasteiger partial charge in [-0.1, -0.05) is 145 Å². The number of benzene rings is 7. The average molecular weight is 773 g/mol. The quantitative estimate of drug-likeness (QED) is 0.123. The molecule has 7 aromatic rings. The number of rotatable bonds is 6. The number of allylic oxidation sites excluding steroid dienone is 6. The number of thioether (sulfide) groups is 1. The molecule has 1 spiro atoms. The van der Waals surface area contributed by atoms with Gasteiger partial charge in [-0.05, 0) is 137 Å². The molecule has 1 unspecified atom stereocenters.